The molecular weight excluding hydrogens is 150 g/mol. The van der Waals surface area contributed by atoms with E-state index in [1.54, 1.807) is 4.90 Å². The molecule has 1 fully saturated rings. The quantitative estimate of drug-likeness (QED) is 0.505. The molecule has 0 aromatic carbocycles. The van der Waals surface area contributed by atoms with E-state index in [0.29, 0.717) is 6.54 Å². The fraction of sp³-hybridized carbons (Fsp3) is 0.833. The molecule has 1 saturated heterocycles. The molecule has 0 aromatic heterocycles. The van der Waals surface area contributed by atoms with Gasteiger partial charge < -0.3 is 4.90 Å². The lowest BCUT2D eigenvalue weighted by Gasteiger charge is -2.15. The van der Waals surface area contributed by atoms with Gasteiger partial charge in [0.25, 0.3) is 0 Å². The second kappa shape index (κ2) is 2.51. The maximum absolute atomic E-state index is 10.9. The summed E-state index contributed by atoms with van der Waals surface area (Å²) in [5, 5.41) is -0.176. The van der Waals surface area contributed by atoms with E-state index in [4.69, 9.17) is 0 Å². The predicted octanol–water partition coefficient (Wildman–Crippen LogP) is -0.103. The van der Waals surface area contributed by atoms with Gasteiger partial charge in [-0.1, -0.05) is 0 Å². The predicted molar refractivity (Wildman–Crippen MR) is 40.2 cm³/mol. The van der Waals surface area contributed by atoms with Crippen LogP contribution < -0.4 is 0 Å². The average molecular weight is 162 g/mol. The molecule has 1 heterocycles. The monoisotopic (exact) mass is 162 g/mol. The van der Waals surface area contributed by atoms with Crippen LogP contribution >= 0.6 is 0 Å². The molecule has 60 valence electrons. The smallest absolute Gasteiger partial charge is 0.151 e. The van der Waals surface area contributed by atoms with E-state index in [1.807, 2.05) is 0 Å². The summed E-state index contributed by atoms with van der Waals surface area (Å²) in [6, 6.07) is 0. The standard InChI is InChI=1S/C6H12NO2S/c1-7-4-3-6(5-7)10(2,8)9/h6H,1,3-5H2,2H3/q-1. The maximum Gasteiger partial charge on any atom is 0.151 e. The Hall–Kier alpha value is -0.0900. The molecule has 0 saturated carbocycles. The summed E-state index contributed by atoms with van der Waals surface area (Å²) in [6.07, 6.45) is 2.03. The van der Waals surface area contributed by atoms with Gasteiger partial charge in [-0.3, -0.25) is 7.05 Å². The average Bonchev–Trinajstić information content (AvgIpc) is 2.11. The number of hydrogen-bond acceptors (Lipinski definition) is 3. The van der Waals surface area contributed by atoms with Crippen molar-refractivity contribution in [3.8, 4) is 0 Å². The lowest BCUT2D eigenvalue weighted by molar-refractivity contribution is 0.460. The molecule has 1 rings (SSSR count). The Morgan fingerprint density at radius 2 is 2.20 bits per heavy atom. The molecule has 0 spiro atoms. The van der Waals surface area contributed by atoms with E-state index in [1.165, 1.54) is 6.26 Å². The fourth-order valence-corrected chi connectivity index (χ4v) is 2.16. The summed E-state index contributed by atoms with van der Waals surface area (Å²) in [4.78, 5) is 1.80. The lowest BCUT2D eigenvalue weighted by atomic mass is 10.4. The first kappa shape index (κ1) is 8.01. The molecule has 0 aliphatic carbocycles. The molecule has 0 bridgehead atoms. The van der Waals surface area contributed by atoms with Gasteiger partial charge in [0.2, 0.25) is 0 Å². The Morgan fingerprint density at radius 3 is 2.40 bits per heavy atom. The SMILES string of the molecule is [CH2-]N1CCC(S(C)(=O)=O)C1. The molecule has 1 aliphatic heterocycles. The second-order valence-electron chi connectivity index (χ2n) is 2.82. The van der Waals surface area contributed by atoms with Crippen molar-refractivity contribution in [1.82, 2.24) is 4.90 Å². The Morgan fingerprint density at radius 1 is 1.60 bits per heavy atom. The normalized spacial score (nSPS) is 29.2. The highest BCUT2D eigenvalue weighted by molar-refractivity contribution is 7.91. The first-order valence-corrected chi connectivity index (χ1v) is 5.20. The third kappa shape index (κ3) is 1.70. The third-order valence-corrected chi connectivity index (χ3v) is 3.43. The summed E-state index contributed by atoms with van der Waals surface area (Å²) in [5.41, 5.74) is 0. The van der Waals surface area contributed by atoms with Gasteiger partial charge >= 0.3 is 0 Å². The Labute approximate surface area is 61.9 Å². The molecule has 1 aliphatic rings. The van der Waals surface area contributed by atoms with Crippen LogP contribution in [0.25, 0.3) is 0 Å². The molecule has 1 unspecified atom stereocenters. The minimum atomic E-state index is -2.82. The van der Waals surface area contributed by atoms with Crippen LogP contribution in [0.4, 0.5) is 0 Å². The minimum absolute atomic E-state index is 0.176. The van der Waals surface area contributed by atoms with Crippen molar-refractivity contribution in [1.29, 1.82) is 0 Å². The Bertz CT molecular complexity index is 210. The highest BCUT2D eigenvalue weighted by Gasteiger charge is 2.24. The number of likely N-dealkylation sites (tertiary alicyclic amines) is 1. The summed E-state index contributed by atoms with van der Waals surface area (Å²) in [6.45, 7) is 1.40. The van der Waals surface area contributed by atoms with Crippen molar-refractivity contribution in [3.63, 3.8) is 0 Å². The molecule has 0 radical (unpaired) electrons. The topological polar surface area (TPSA) is 37.4 Å². The summed E-state index contributed by atoms with van der Waals surface area (Å²) < 4.78 is 21.8. The number of hydrogen-bond donors (Lipinski definition) is 0. The van der Waals surface area contributed by atoms with Crippen LogP contribution in [0.15, 0.2) is 0 Å². The van der Waals surface area contributed by atoms with Crippen LogP contribution in [0.5, 0.6) is 0 Å². The third-order valence-electron chi connectivity index (χ3n) is 1.83. The summed E-state index contributed by atoms with van der Waals surface area (Å²) >= 11 is 0. The van der Waals surface area contributed by atoms with Crippen molar-refractivity contribution >= 4 is 9.84 Å². The van der Waals surface area contributed by atoms with Crippen molar-refractivity contribution in [2.24, 2.45) is 0 Å². The van der Waals surface area contributed by atoms with Gasteiger partial charge in [0.15, 0.2) is 9.84 Å². The lowest BCUT2D eigenvalue weighted by Crippen LogP contribution is -2.22. The largest absolute Gasteiger partial charge is 0.458 e. The van der Waals surface area contributed by atoms with E-state index in [0.717, 1.165) is 13.0 Å². The van der Waals surface area contributed by atoms with Crippen LogP contribution in [0.2, 0.25) is 0 Å². The second-order valence-corrected chi connectivity index (χ2v) is 5.14. The van der Waals surface area contributed by atoms with Gasteiger partial charge in [-0.15, -0.1) is 0 Å². The Balaban J connectivity index is 2.62. The molecule has 0 N–H and O–H groups in total. The zero-order valence-electron chi connectivity index (χ0n) is 6.08. The van der Waals surface area contributed by atoms with Gasteiger partial charge in [-0.05, 0) is 19.5 Å². The first-order valence-electron chi connectivity index (χ1n) is 3.24. The number of sulfone groups is 1. The molecule has 10 heavy (non-hydrogen) atoms. The number of rotatable bonds is 1. The van der Waals surface area contributed by atoms with Crippen LogP contribution in [-0.4, -0.2) is 37.9 Å². The van der Waals surface area contributed by atoms with Crippen molar-refractivity contribution in [2.75, 3.05) is 19.3 Å². The molecule has 0 aromatic rings. The van der Waals surface area contributed by atoms with E-state index in [2.05, 4.69) is 7.05 Å². The molecular formula is C6H12NO2S-. The van der Waals surface area contributed by atoms with Gasteiger partial charge in [0, 0.05) is 6.26 Å². The molecule has 3 nitrogen and oxygen atoms in total. The van der Waals surface area contributed by atoms with Gasteiger partial charge in [0.05, 0.1) is 5.25 Å². The van der Waals surface area contributed by atoms with Crippen molar-refractivity contribution in [3.05, 3.63) is 7.05 Å². The van der Waals surface area contributed by atoms with Gasteiger partial charge in [-0.2, -0.15) is 0 Å². The highest BCUT2D eigenvalue weighted by Crippen LogP contribution is 2.14. The molecule has 1 atom stereocenters. The number of nitrogens with zero attached hydrogens (tertiary/aromatic N) is 1. The van der Waals surface area contributed by atoms with Crippen LogP contribution in [0.3, 0.4) is 0 Å². The van der Waals surface area contributed by atoms with E-state index >= 15 is 0 Å². The highest BCUT2D eigenvalue weighted by atomic mass is 32.2. The minimum Gasteiger partial charge on any atom is -0.458 e. The van der Waals surface area contributed by atoms with Crippen LogP contribution in [-0.2, 0) is 9.84 Å². The fourth-order valence-electron chi connectivity index (χ4n) is 1.15. The Kier molecular flexibility index (Phi) is 2.01. The summed E-state index contributed by atoms with van der Waals surface area (Å²) in [5.74, 6) is 0. The van der Waals surface area contributed by atoms with E-state index in [9.17, 15) is 8.42 Å². The van der Waals surface area contributed by atoms with E-state index in [-0.39, 0.29) is 5.25 Å². The van der Waals surface area contributed by atoms with Crippen LogP contribution in [0.1, 0.15) is 6.42 Å². The zero-order chi connectivity index (χ0) is 7.78. The van der Waals surface area contributed by atoms with Gasteiger partial charge in [-0.25, -0.2) is 8.42 Å². The van der Waals surface area contributed by atoms with Crippen molar-refractivity contribution in [2.45, 2.75) is 11.7 Å². The first-order chi connectivity index (χ1) is 4.50. The summed E-state index contributed by atoms with van der Waals surface area (Å²) in [7, 11) is 0.853. The van der Waals surface area contributed by atoms with Crippen molar-refractivity contribution < 1.29 is 8.42 Å². The zero-order valence-corrected chi connectivity index (χ0v) is 6.89. The van der Waals surface area contributed by atoms with Gasteiger partial charge in [0.1, 0.15) is 0 Å². The van der Waals surface area contributed by atoms with E-state index < -0.39 is 9.84 Å². The van der Waals surface area contributed by atoms with Crippen LogP contribution in [0, 0.1) is 7.05 Å². The molecule has 0 amide bonds. The molecule has 4 heteroatoms. The maximum atomic E-state index is 10.9.